The van der Waals surface area contributed by atoms with Crippen molar-refractivity contribution in [1.29, 1.82) is 0 Å². The maximum Gasteiger partial charge on any atom is 0.144 e. The van der Waals surface area contributed by atoms with Crippen molar-refractivity contribution in [2.75, 3.05) is 25.1 Å². The molecular weight excluding hydrogens is 390 g/mol. The lowest BCUT2D eigenvalue weighted by Gasteiger charge is -2.33. The summed E-state index contributed by atoms with van der Waals surface area (Å²) < 4.78 is 7.50. The number of hydrogen-bond acceptors (Lipinski definition) is 6. The second-order valence-electron chi connectivity index (χ2n) is 7.94. The van der Waals surface area contributed by atoms with Gasteiger partial charge in [0.25, 0.3) is 0 Å². The van der Waals surface area contributed by atoms with Crippen LogP contribution in [0.25, 0.3) is 33.4 Å². The fraction of sp³-hybridized carbons (Fsp3) is 0.292. The van der Waals surface area contributed by atoms with E-state index in [1.807, 2.05) is 42.2 Å². The van der Waals surface area contributed by atoms with E-state index >= 15 is 0 Å². The van der Waals surface area contributed by atoms with Crippen LogP contribution < -0.4 is 9.64 Å². The Kier molecular flexibility index (Phi) is 5.03. The molecule has 1 aliphatic rings. The third-order valence-electron chi connectivity index (χ3n) is 5.80. The summed E-state index contributed by atoms with van der Waals surface area (Å²) in [5, 5.41) is 15.8. The van der Waals surface area contributed by atoms with Crippen LogP contribution in [0, 0.1) is 0 Å². The summed E-state index contributed by atoms with van der Waals surface area (Å²) in [5.41, 5.74) is 5.47. The van der Waals surface area contributed by atoms with Crippen LogP contribution in [0.4, 0.5) is 5.69 Å². The highest BCUT2D eigenvalue weighted by molar-refractivity contribution is 5.98. The summed E-state index contributed by atoms with van der Waals surface area (Å²) in [4.78, 5) is 11.3. The van der Waals surface area contributed by atoms with E-state index in [-0.39, 0.29) is 6.10 Å². The predicted molar refractivity (Wildman–Crippen MR) is 121 cm³/mol. The number of methoxy groups -OCH3 is 1. The number of benzene rings is 2. The standard InChI is InChI=1S/C24H25N5O2/c1-28-14-19(23(27-28)16-7-4-3-5-8-16)24-18-11-21(29-10-6-9-17(30)13-29)22(31-2)12-20(18)25-15-26-24/h3-5,7-8,11-12,14-15,17,30H,6,9-10,13H2,1-2H3. The number of rotatable bonds is 4. The Hall–Kier alpha value is -3.45. The van der Waals surface area contributed by atoms with Crippen LogP contribution in [0.2, 0.25) is 0 Å². The van der Waals surface area contributed by atoms with E-state index in [1.165, 1.54) is 0 Å². The van der Waals surface area contributed by atoms with E-state index in [9.17, 15) is 5.11 Å². The number of piperidine rings is 1. The van der Waals surface area contributed by atoms with E-state index in [2.05, 4.69) is 33.1 Å². The molecule has 1 fully saturated rings. The molecule has 2 aromatic heterocycles. The number of aliphatic hydroxyl groups excluding tert-OH is 1. The van der Waals surface area contributed by atoms with E-state index in [4.69, 9.17) is 9.84 Å². The summed E-state index contributed by atoms with van der Waals surface area (Å²) in [6, 6.07) is 14.2. The Balaban J connectivity index is 1.70. The van der Waals surface area contributed by atoms with Crippen molar-refractivity contribution in [3.05, 3.63) is 55.0 Å². The van der Waals surface area contributed by atoms with Gasteiger partial charge >= 0.3 is 0 Å². The molecule has 7 heteroatoms. The molecule has 0 spiro atoms. The number of fused-ring (bicyclic) bond motifs is 1. The van der Waals surface area contributed by atoms with Gasteiger partial charge in [0, 0.05) is 48.9 Å². The molecule has 158 valence electrons. The average Bonchev–Trinajstić information content (AvgIpc) is 3.19. The van der Waals surface area contributed by atoms with Crippen molar-refractivity contribution in [1.82, 2.24) is 19.7 Å². The Morgan fingerprint density at radius 3 is 2.71 bits per heavy atom. The molecule has 0 bridgehead atoms. The minimum atomic E-state index is -0.330. The van der Waals surface area contributed by atoms with Gasteiger partial charge in [0.15, 0.2) is 0 Å². The summed E-state index contributed by atoms with van der Waals surface area (Å²) in [7, 11) is 3.59. The Morgan fingerprint density at radius 2 is 1.94 bits per heavy atom. The first-order chi connectivity index (χ1) is 15.1. The fourth-order valence-electron chi connectivity index (χ4n) is 4.34. The smallest absolute Gasteiger partial charge is 0.144 e. The minimum absolute atomic E-state index is 0.330. The van der Waals surface area contributed by atoms with Gasteiger partial charge in [-0.2, -0.15) is 5.10 Å². The summed E-state index contributed by atoms with van der Waals surface area (Å²) in [5.74, 6) is 0.751. The van der Waals surface area contributed by atoms with Crippen molar-refractivity contribution < 1.29 is 9.84 Å². The third kappa shape index (κ3) is 3.61. The SMILES string of the molecule is COc1cc2ncnc(-c3cn(C)nc3-c3ccccc3)c2cc1N1CCCC(O)C1. The monoisotopic (exact) mass is 415 g/mol. The molecule has 0 aliphatic carbocycles. The van der Waals surface area contributed by atoms with Crippen LogP contribution in [-0.2, 0) is 7.05 Å². The zero-order valence-corrected chi connectivity index (χ0v) is 17.7. The molecule has 0 radical (unpaired) electrons. The van der Waals surface area contributed by atoms with E-state index in [0.29, 0.717) is 6.54 Å². The van der Waals surface area contributed by atoms with Gasteiger partial charge in [-0.1, -0.05) is 30.3 Å². The van der Waals surface area contributed by atoms with Crippen molar-refractivity contribution >= 4 is 16.6 Å². The van der Waals surface area contributed by atoms with Crippen LogP contribution in [0.15, 0.2) is 55.0 Å². The number of anilines is 1. The van der Waals surface area contributed by atoms with Gasteiger partial charge in [0.05, 0.1) is 30.1 Å². The molecule has 31 heavy (non-hydrogen) atoms. The lowest BCUT2D eigenvalue weighted by Crippen LogP contribution is -2.38. The molecule has 1 unspecified atom stereocenters. The Morgan fingerprint density at radius 1 is 1.10 bits per heavy atom. The molecule has 0 amide bonds. The van der Waals surface area contributed by atoms with Gasteiger partial charge < -0.3 is 14.7 Å². The zero-order chi connectivity index (χ0) is 21.4. The summed E-state index contributed by atoms with van der Waals surface area (Å²) >= 11 is 0. The molecule has 2 aromatic carbocycles. The van der Waals surface area contributed by atoms with Gasteiger partial charge in [-0.25, -0.2) is 9.97 Å². The van der Waals surface area contributed by atoms with Gasteiger partial charge in [-0.3, -0.25) is 4.68 Å². The fourth-order valence-corrected chi connectivity index (χ4v) is 4.34. The molecule has 0 saturated carbocycles. The zero-order valence-electron chi connectivity index (χ0n) is 17.7. The maximum atomic E-state index is 10.2. The number of β-amino-alcohol motifs (C(OH)–C–C–N with tert-alkyl or cyclic N) is 1. The topological polar surface area (TPSA) is 76.3 Å². The van der Waals surface area contributed by atoms with Crippen LogP contribution in [0.1, 0.15) is 12.8 Å². The Labute approximate surface area is 180 Å². The van der Waals surface area contributed by atoms with Crippen LogP contribution in [0.3, 0.4) is 0 Å². The van der Waals surface area contributed by atoms with Crippen molar-refractivity contribution in [2.24, 2.45) is 7.05 Å². The van der Waals surface area contributed by atoms with E-state index < -0.39 is 0 Å². The lowest BCUT2D eigenvalue weighted by atomic mass is 10.0. The third-order valence-corrected chi connectivity index (χ3v) is 5.80. The van der Waals surface area contributed by atoms with Gasteiger partial charge in [-0.15, -0.1) is 0 Å². The molecular formula is C24H25N5O2. The summed E-state index contributed by atoms with van der Waals surface area (Å²) in [6.45, 7) is 1.47. The van der Waals surface area contributed by atoms with E-state index in [1.54, 1.807) is 13.4 Å². The molecule has 5 rings (SSSR count). The molecule has 4 aromatic rings. The van der Waals surface area contributed by atoms with Gasteiger partial charge in [0.2, 0.25) is 0 Å². The van der Waals surface area contributed by atoms with Crippen molar-refractivity contribution in [2.45, 2.75) is 18.9 Å². The number of nitrogens with zero attached hydrogens (tertiary/aromatic N) is 5. The quantitative estimate of drug-likeness (QED) is 0.548. The van der Waals surface area contributed by atoms with E-state index in [0.717, 1.165) is 64.2 Å². The van der Waals surface area contributed by atoms with Gasteiger partial charge in [-0.05, 0) is 18.9 Å². The van der Waals surface area contributed by atoms with Crippen LogP contribution in [-0.4, -0.2) is 51.2 Å². The highest BCUT2D eigenvalue weighted by Crippen LogP contribution is 2.39. The number of aryl methyl sites for hydroxylation is 1. The number of ether oxygens (including phenoxy) is 1. The molecule has 1 saturated heterocycles. The number of hydrogen-bond donors (Lipinski definition) is 1. The molecule has 1 atom stereocenters. The normalized spacial score (nSPS) is 16.6. The molecule has 3 heterocycles. The largest absolute Gasteiger partial charge is 0.495 e. The second kappa shape index (κ2) is 8.00. The highest BCUT2D eigenvalue weighted by Gasteiger charge is 2.23. The highest BCUT2D eigenvalue weighted by atomic mass is 16.5. The molecule has 1 aliphatic heterocycles. The number of aromatic nitrogens is 4. The predicted octanol–water partition coefficient (Wildman–Crippen LogP) is 3.67. The first kappa shape index (κ1) is 19.5. The molecule has 7 nitrogen and oxygen atoms in total. The first-order valence-electron chi connectivity index (χ1n) is 10.5. The number of aliphatic hydroxyl groups is 1. The Bertz CT molecular complexity index is 1220. The maximum absolute atomic E-state index is 10.2. The first-order valence-corrected chi connectivity index (χ1v) is 10.5. The van der Waals surface area contributed by atoms with Crippen molar-refractivity contribution in [3.8, 4) is 28.3 Å². The minimum Gasteiger partial charge on any atom is -0.495 e. The molecule has 1 N–H and O–H groups in total. The van der Waals surface area contributed by atoms with Crippen molar-refractivity contribution in [3.63, 3.8) is 0 Å². The second-order valence-corrected chi connectivity index (χ2v) is 7.94. The van der Waals surface area contributed by atoms with Crippen LogP contribution in [0.5, 0.6) is 5.75 Å². The van der Waals surface area contributed by atoms with Gasteiger partial charge in [0.1, 0.15) is 17.8 Å². The van der Waals surface area contributed by atoms with Crippen LogP contribution >= 0.6 is 0 Å². The average molecular weight is 415 g/mol. The summed E-state index contributed by atoms with van der Waals surface area (Å²) in [6.07, 6.45) is 5.03. The lowest BCUT2D eigenvalue weighted by molar-refractivity contribution is 0.154.